The average Bonchev–Trinajstić information content (AvgIpc) is 3.11. The summed E-state index contributed by atoms with van der Waals surface area (Å²) in [5.41, 5.74) is 0. The van der Waals surface area contributed by atoms with Gasteiger partial charge >= 0.3 is 0 Å². The summed E-state index contributed by atoms with van der Waals surface area (Å²) in [6.07, 6.45) is 2.99. The van der Waals surface area contributed by atoms with E-state index in [-0.39, 0.29) is 0 Å². The molecule has 0 bridgehead atoms. The highest BCUT2D eigenvalue weighted by Gasteiger charge is 2.24. The molecule has 1 fully saturated rings. The zero-order valence-electron chi connectivity index (χ0n) is 12.7. The molecule has 2 aliphatic heterocycles. The second-order valence-corrected chi connectivity index (χ2v) is 6.59. The molecule has 0 aliphatic carbocycles. The van der Waals surface area contributed by atoms with Crippen molar-refractivity contribution in [2.45, 2.75) is 38.6 Å². The Balaban J connectivity index is 1.48. The van der Waals surface area contributed by atoms with Gasteiger partial charge < -0.3 is 9.64 Å². The van der Waals surface area contributed by atoms with Crippen LogP contribution in [0.2, 0.25) is 0 Å². The van der Waals surface area contributed by atoms with Crippen molar-refractivity contribution in [3.8, 4) is 0 Å². The Bertz CT molecular complexity index is 622. The van der Waals surface area contributed by atoms with Crippen LogP contribution < -0.4 is 4.90 Å². The molecule has 8 heteroatoms. The van der Waals surface area contributed by atoms with Gasteiger partial charge in [0, 0.05) is 50.2 Å². The van der Waals surface area contributed by atoms with Crippen molar-refractivity contribution < 1.29 is 4.74 Å². The number of nitrogens with zero attached hydrogens (tertiary/aromatic N) is 6. The number of rotatable bonds is 2. The van der Waals surface area contributed by atoms with Crippen LogP contribution in [-0.4, -0.2) is 50.4 Å². The fourth-order valence-electron chi connectivity index (χ4n) is 3.05. The van der Waals surface area contributed by atoms with Gasteiger partial charge in [-0.3, -0.25) is 0 Å². The molecule has 4 heterocycles. The van der Waals surface area contributed by atoms with Crippen molar-refractivity contribution >= 4 is 16.7 Å². The zero-order chi connectivity index (χ0) is 14.9. The van der Waals surface area contributed by atoms with Crippen molar-refractivity contribution in [3.63, 3.8) is 0 Å². The molecule has 1 saturated heterocycles. The zero-order valence-corrected chi connectivity index (χ0v) is 13.6. The monoisotopic (exact) mass is 320 g/mol. The van der Waals surface area contributed by atoms with E-state index in [0.29, 0.717) is 5.92 Å². The number of hydrogen-bond donors (Lipinski definition) is 0. The lowest BCUT2D eigenvalue weighted by molar-refractivity contribution is 0.0835. The SMILES string of the molecule is Cc1nsc(N2CCc3nc(C4CCOCC4)nn3CC2)n1. The van der Waals surface area contributed by atoms with E-state index in [1.807, 2.05) is 6.92 Å². The molecule has 2 aromatic rings. The van der Waals surface area contributed by atoms with Gasteiger partial charge in [0.15, 0.2) is 5.82 Å². The number of ether oxygens (including phenoxy) is 1. The van der Waals surface area contributed by atoms with Crippen LogP contribution >= 0.6 is 11.5 Å². The maximum atomic E-state index is 5.43. The first-order valence-electron chi connectivity index (χ1n) is 7.86. The van der Waals surface area contributed by atoms with Gasteiger partial charge in [0.25, 0.3) is 0 Å². The number of fused-ring (bicyclic) bond motifs is 1. The van der Waals surface area contributed by atoms with Crippen LogP contribution in [0.1, 0.15) is 36.2 Å². The molecule has 22 heavy (non-hydrogen) atoms. The van der Waals surface area contributed by atoms with Gasteiger partial charge in [-0.1, -0.05) is 0 Å². The quantitative estimate of drug-likeness (QED) is 0.833. The molecule has 0 atom stereocenters. The molecule has 0 saturated carbocycles. The Hall–Kier alpha value is -1.54. The van der Waals surface area contributed by atoms with E-state index in [1.54, 1.807) is 0 Å². The van der Waals surface area contributed by atoms with Crippen LogP contribution in [-0.2, 0) is 17.7 Å². The van der Waals surface area contributed by atoms with Crippen LogP contribution in [0.15, 0.2) is 0 Å². The van der Waals surface area contributed by atoms with Gasteiger partial charge in [0.2, 0.25) is 5.13 Å². The van der Waals surface area contributed by atoms with E-state index in [4.69, 9.17) is 14.8 Å². The first-order chi connectivity index (χ1) is 10.8. The highest BCUT2D eigenvalue weighted by molar-refractivity contribution is 7.09. The van der Waals surface area contributed by atoms with Crippen LogP contribution in [0.5, 0.6) is 0 Å². The third kappa shape index (κ3) is 2.72. The molecule has 2 aromatic heterocycles. The van der Waals surface area contributed by atoms with E-state index in [0.717, 1.165) is 74.7 Å². The van der Waals surface area contributed by atoms with Gasteiger partial charge in [-0.15, -0.1) is 0 Å². The fourth-order valence-corrected chi connectivity index (χ4v) is 3.78. The third-order valence-electron chi connectivity index (χ3n) is 4.33. The molecule has 7 nitrogen and oxygen atoms in total. The van der Waals surface area contributed by atoms with Crippen LogP contribution in [0, 0.1) is 6.92 Å². The second-order valence-electron chi connectivity index (χ2n) is 5.86. The molecule has 0 radical (unpaired) electrons. The Kier molecular flexibility index (Phi) is 3.79. The minimum absolute atomic E-state index is 0.468. The van der Waals surface area contributed by atoms with E-state index in [9.17, 15) is 0 Å². The average molecular weight is 320 g/mol. The van der Waals surface area contributed by atoms with Crippen molar-refractivity contribution in [3.05, 3.63) is 17.5 Å². The van der Waals surface area contributed by atoms with Gasteiger partial charge in [0.1, 0.15) is 11.6 Å². The second kappa shape index (κ2) is 5.92. The predicted molar refractivity (Wildman–Crippen MR) is 83.4 cm³/mol. The maximum absolute atomic E-state index is 5.43. The largest absolute Gasteiger partial charge is 0.381 e. The van der Waals surface area contributed by atoms with E-state index >= 15 is 0 Å². The van der Waals surface area contributed by atoms with Gasteiger partial charge in [0.05, 0.1) is 6.54 Å². The summed E-state index contributed by atoms with van der Waals surface area (Å²) >= 11 is 1.47. The Morgan fingerprint density at radius 2 is 2.00 bits per heavy atom. The Morgan fingerprint density at radius 1 is 1.14 bits per heavy atom. The molecule has 0 aromatic carbocycles. The lowest BCUT2D eigenvalue weighted by atomic mass is 10.00. The number of anilines is 1. The van der Waals surface area contributed by atoms with Crippen molar-refractivity contribution in [1.29, 1.82) is 0 Å². The number of aromatic nitrogens is 5. The maximum Gasteiger partial charge on any atom is 0.205 e. The lowest BCUT2D eigenvalue weighted by Crippen LogP contribution is -2.26. The number of hydrogen-bond acceptors (Lipinski definition) is 7. The Morgan fingerprint density at radius 3 is 2.77 bits per heavy atom. The van der Waals surface area contributed by atoms with E-state index < -0.39 is 0 Å². The molecule has 118 valence electrons. The van der Waals surface area contributed by atoms with Crippen molar-refractivity contribution in [1.82, 2.24) is 24.1 Å². The molecule has 0 N–H and O–H groups in total. The molecule has 0 amide bonds. The fraction of sp³-hybridized carbons (Fsp3) is 0.714. The number of aryl methyl sites for hydroxylation is 1. The van der Waals surface area contributed by atoms with Crippen LogP contribution in [0.4, 0.5) is 5.13 Å². The normalized spacial score (nSPS) is 20.0. The van der Waals surface area contributed by atoms with E-state index in [1.165, 1.54) is 11.5 Å². The topological polar surface area (TPSA) is 69.0 Å². The summed E-state index contributed by atoms with van der Waals surface area (Å²) < 4.78 is 11.8. The van der Waals surface area contributed by atoms with Gasteiger partial charge in [-0.05, 0) is 19.8 Å². The lowest BCUT2D eigenvalue weighted by Gasteiger charge is -2.19. The van der Waals surface area contributed by atoms with E-state index in [2.05, 4.69) is 18.9 Å². The van der Waals surface area contributed by atoms with Crippen LogP contribution in [0.25, 0.3) is 0 Å². The molecular formula is C14H20N6OS. The predicted octanol–water partition coefficient (Wildman–Crippen LogP) is 1.39. The summed E-state index contributed by atoms with van der Waals surface area (Å²) in [6.45, 7) is 6.31. The van der Waals surface area contributed by atoms with Crippen LogP contribution in [0.3, 0.4) is 0 Å². The van der Waals surface area contributed by atoms with Crippen molar-refractivity contribution in [2.75, 3.05) is 31.2 Å². The summed E-state index contributed by atoms with van der Waals surface area (Å²) in [7, 11) is 0. The van der Waals surface area contributed by atoms with Gasteiger partial charge in [-0.2, -0.15) is 9.47 Å². The molecule has 0 unspecified atom stereocenters. The van der Waals surface area contributed by atoms with Crippen molar-refractivity contribution in [2.24, 2.45) is 0 Å². The summed E-state index contributed by atoms with van der Waals surface area (Å²) in [5.74, 6) is 3.43. The first kappa shape index (κ1) is 14.1. The first-order valence-corrected chi connectivity index (χ1v) is 8.63. The van der Waals surface area contributed by atoms with Gasteiger partial charge in [-0.25, -0.2) is 14.6 Å². The summed E-state index contributed by atoms with van der Waals surface area (Å²) in [6, 6.07) is 0. The summed E-state index contributed by atoms with van der Waals surface area (Å²) in [4.78, 5) is 11.6. The molecule has 2 aliphatic rings. The third-order valence-corrected chi connectivity index (χ3v) is 5.19. The highest BCUT2D eigenvalue weighted by Crippen LogP contribution is 2.25. The Labute approximate surface area is 133 Å². The summed E-state index contributed by atoms with van der Waals surface area (Å²) in [5, 5.41) is 5.77. The molecule has 4 rings (SSSR count). The minimum Gasteiger partial charge on any atom is -0.381 e. The highest BCUT2D eigenvalue weighted by atomic mass is 32.1. The molecule has 0 spiro atoms. The standard InChI is InChI=1S/C14H20N6OS/c1-10-15-14(22-18-10)19-5-2-12-16-13(17-20(12)7-6-19)11-3-8-21-9-4-11/h11H,2-9H2,1H3. The minimum atomic E-state index is 0.468. The molecular weight excluding hydrogens is 300 g/mol. The smallest absolute Gasteiger partial charge is 0.205 e.